The Hall–Kier alpha value is -2.68. The van der Waals surface area contributed by atoms with Crippen LogP contribution in [-0.4, -0.2) is 77.3 Å². The van der Waals surface area contributed by atoms with Gasteiger partial charge in [-0.15, -0.1) is 0 Å². The molecule has 2 aromatic heterocycles. The van der Waals surface area contributed by atoms with Gasteiger partial charge < -0.3 is 24.5 Å². The molecule has 2 aliphatic heterocycles. The van der Waals surface area contributed by atoms with Gasteiger partial charge in [0.2, 0.25) is 5.89 Å². The van der Waals surface area contributed by atoms with Gasteiger partial charge in [-0.2, -0.15) is 4.98 Å². The van der Waals surface area contributed by atoms with Gasteiger partial charge in [0.1, 0.15) is 5.82 Å². The SMILES string of the molecule is Cc1noc(C2CCN(C(=O)NCc3ccc(N4CCN(C)CC4)nc3)CC2)n1. The van der Waals surface area contributed by atoms with Gasteiger partial charge >= 0.3 is 6.03 Å². The summed E-state index contributed by atoms with van der Waals surface area (Å²) in [5.41, 5.74) is 1.01. The summed E-state index contributed by atoms with van der Waals surface area (Å²) in [5.74, 6) is 2.60. The molecule has 9 heteroatoms. The highest BCUT2D eigenvalue weighted by Gasteiger charge is 2.27. The van der Waals surface area contributed by atoms with Crippen molar-refractivity contribution < 1.29 is 9.32 Å². The summed E-state index contributed by atoms with van der Waals surface area (Å²) in [4.78, 5) is 27.9. The molecule has 0 saturated carbocycles. The number of hydrogen-bond donors (Lipinski definition) is 1. The summed E-state index contributed by atoms with van der Waals surface area (Å²) in [6, 6.07) is 4.06. The van der Waals surface area contributed by atoms with Crippen LogP contribution in [0.4, 0.5) is 10.6 Å². The van der Waals surface area contributed by atoms with Crippen LogP contribution in [0, 0.1) is 6.92 Å². The van der Waals surface area contributed by atoms with Crippen molar-refractivity contribution in [3.8, 4) is 0 Å². The third-order valence-corrected chi connectivity index (χ3v) is 5.75. The highest BCUT2D eigenvalue weighted by atomic mass is 16.5. The number of nitrogens with one attached hydrogen (secondary N) is 1. The second-order valence-corrected chi connectivity index (χ2v) is 7.91. The minimum atomic E-state index is -0.0340. The largest absolute Gasteiger partial charge is 0.354 e. The van der Waals surface area contributed by atoms with Crippen molar-refractivity contribution in [3.63, 3.8) is 0 Å². The molecule has 0 aliphatic carbocycles. The lowest BCUT2D eigenvalue weighted by Gasteiger charge is -2.33. The van der Waals surface area contributed by atoms with Crippen LogP contribution in [-0.2, 0) is 6.54 Å². The quantitative estimate of drug-likeness (QED) is 0.835. The summed E-state index contributed by atoms with van der Waals surface area (Å²) in [6.07, 6.45) is 3.55. The number of likely N-dealkylation sites (N-methyl/N-ethyl adjacent to an activating group) is 1. The molecule has 0 radical (unpaired) electrons. The maximum Gasteiger partial charge on any atom is 0.317 e. The van der Waals surface area contributed by atoms with Crippen molar-refractivity contribution >= 4 is 11.8 Å². The fraction of sp³-hybridized carbons (Fsp3) is 0.600. The van der Waals surface area contributed by atoms with Crippen LogP contribution in [0.15, 0.2) is 22.9 Å². The molecule has 2 fully saturated rings. The first-order chi connectivity index (χ1) is 14.1. The maximum absolute atomic E-state index is 12.5. The van der Waals surface area contributed by atoms with E-state index in [1.807, 2.05) is 30.2 Å². The van der Waals surface area contributed by atoms with Gasteiger partial charge in [0, 0.05) is 57.9 Å². The molecule has 4 heterocycles. The Morgan fingerprint density at radius 3 is 2.55 bits per heavy atom. The molecule has 2 aromatic rings. The van der Waals surface area contributed by atoms with Crippen LogP contribution in [0.5, 0.6) is 0 Å². The zero-order chi connectivity index (χ0) is 20.2. The number of amides is 2. The Bertz CT molecular complexity index is 806. The van der Waals surface area contributed by atoms with Crippen LogP contribution < -0.4 is 10.2 Å². The summed E-state index contributed by atoms with van der Waals surface area (Å²) in [5, 5.41) is 6.87. The number of carbonyl (C=O) groups is 1. The Morgan fingerprint density at radius 1 is 1.17 bits per heavy atom. The van der Waals surface area contributed by atoms with Crippen LogP contribution in [0.1, 0.15) is 36.0 Å². The van der Waals surface area contributed by atoms with Gasteiger partial charge in [0.05, 0.1) is 0 Å². The topological polar surface area (TPSA) is 90.6 Å². The molecule has 0 spiro atoms. The van der Waals surface area contributed by atoms with Crippen LogP contribution in [0.2, 0.25) is 0 Å². The average molecular weight is 399 g/mol. The Labute approximate surface area is 171 Å². The molecule has 1 N–H and O–H groups in total. The second kappa shape index (κ2) is 8.77. The first kappa shape index (κ1) is 19.6. The molecule has 156 valence electrons. The number of anilines is 1. The third kappa shape index (κ3) is 4.84. The summed E-state index contributed by atoms with van der Waals surface area (Å²) < 4.78 is 5.27. The first-order valence-electron chi connectivity index (χ1n) is 10.3. The normalized spacial score (nSPS) is 18.8. The molecule has 0 bridgehead atoms. The standard InChI is InChI=1S/C20H29N7O2/c1-15-23-19(29-24-15)17-5-7-27(8-6-17)20(28)22-14-16-3-4-18(21-13-16)26-11-9-25(2)10-12-26/h3-4,13,17H,5-12,14H2,1-2H3,(H,22,28). The molecule has 4 rings (SSSR count). The highest BCUT2D eigenvalue weighted by molar-refractivity contribution is 5.74. The number of nitrogens with zero attached hydrogens (tertiary/aromatic N) is 6. The number of piperazine rings is 1. The zero-order valence-electron chi connectivity index (χ0n) is 17.2. The van der Waals surface area contributed by atoms with Gasteiger partial charge in [0.15, 0.2) is 5.82 Å². The minimum Gasteiger partial charge on any atom is -0.354 e. The van der Waals surface area contributed by atoms with E-state index in [2.05, 4.69) is 37.3 Å². The lowest BCUT2D eigenvalue weighted by molar-refractivity contribution is 0.175. The van der Waals surface area contributed by atoms with Crippen molar-refractivity contribution in [2.75, 3.05) is 51.2 Å². The molecule has 0 unspecified atom stereocenters. The van der Waals surface area contributed by atoms with Crippen LogP contribution >= 0.6 is 0 Å². The molecule has 2 aliphatic rings. The van der Waals surface area contributed by atoms with Crippen molar-refractivity contribution in [2.45, 2.75) is 32.2 Å². The predicted octanol–water partition coefficient (Wildman–Crippen LogP) is 1.61. The average Bonchev–Trinajstić information content (AvgIpc) is 3.19. The smallest absolute Gasteiger partial charge is 0.317 e. The summed E-state index contributed by atoms with van der Waals surface area (Å²) >= 11 is 0. The molecule has 2 saturated heterocycles. The van der Waals surface area contributed by atoms with Gasteiger partial charge in [-0.25, -0.2) is 9.78 Å². The van der Waals surface area contributed by atoms with Gasteiger partial charge in [-0.1, -0.05) is 11.2 Å². The number of piperidine rings is 1. The van der Waals surface area contributed by atoms with E-state index in [-0.39, 0.29) is 11.9 Å². The summed E-state index contributed by atoms with van der Waals surface area (Å²) in [7, 11) is 2.14. The predicted molar refractivity (Wildman–Crippen MR) is 109 cm³/mol. The van der Waals surface area contributed by atoms with E-state index >= 15 is 0 Å². The lowest BCUT2D eigenvalue weighted by atomic mass is 9.97. The van der Waals surface area contributed by atoms with Gasteiger partial charge in [-0.3, -0.25) is 0 Å². The minimum absolute atomic E-state index is 0.0340. The number of carbonyl (C=O) groups excluding carboxylic acids is 1. The number of rotatable bonds is 4. The molecule has 2 amide bonds. The zero-order valence-corrected chi connectivity index (χ0v) is 17.2. The van der Waals surface area contributed by atoms with E-state index in [0.717, 1.165) is 50.4 Å². The van der Waals surface area contributed by atoms with E-state index in [0.29, 0.717) is 31.3 Å². The number of likely N-dealkylation sites (tertiary alicyclic amines) is 1. The van der Waals surface area contributed by atoms with Crippen molar-refractivity contribution in [3.05, 3.63) is 35.6 Å². The van der Waals surface area contributed by atoms with Crippen molar-refractivity contribution in [1.29, 1.82) is 0 Å². The van der Waals surface area contributed by atoms with E-state index in [9.17, 15) is 4.79 Å². The van der Waals surface area contributed by atoms with Crippen LogP contribution in [0.3, 0.4) is 0 Å². The van der Waals surface area contributed by atoms with Crippen LogP contribution in [0.25, 0.3) is 0 Å². The van der Waals surface area contributed by atoms with Gasteiger partial charge in [-0.05, 0) is 38.4 Å². The number of aryl methyl sites for hydroxylation is 1. The number of pyridine rings is 1. The molecule has 0 aromatic carbocycles. The number of aromatic nitrogens is 3. The Balaban J connectivity index is 1.22. The van der Waals surface area contributed by atoms with E-state index in [4.69, 9.17) is 4.52 Å². The van der Waals surface area contributed by atoms with E-state index < -0.39 is 0 Å². The Kier molecular flexibility index (Phi) is 5.94. The fourth-order valence-corrected chi connectivity index (χ4v) is 3.84. The number of urea groups is 1. The molecular weight excluding hydrogens is 370 g/mol. The van der Waals surface area contributed by atoms with Crippen molar-refractivity contribution in [2.24, 2.45) is 0 Å². The number of hydrogen-bond acceptors (Lipinski definition) is 7. The molecule has 0 atom stereocenters. The second-order valence-electron chi connectivity index (χ2n) is 7.91. The molecule has 29 heavy (non-hydrogen) atoms. The first-order valence-corrected chi connectivity index (χ1v) is 10.3. The third-order valence-electron chi connectivity index (χ3n) is 5.75. The highest BCUT2D eigenvalue weighted by Crippen LogP contribution is 2.26. The van der Waals surface area contributed by atoms with Crippen molar-refractivity contribution in [1.82, 2.24) is 30.2 Å². The molecule has 9 nitrogen and oxygen atoms in total. The van der Waals surface area contributed by atoms with Gasteiger partial charge in [0.25, 0.3) is 0 Å². The fourth-order valence-electron chi connectivity index (χ4n) is 3.84. The maximum atomic E-state index is 12.5. The molecular formula is C20H29N7O2. The monoisotopic (exact) mass is 399 g/mol. The van der Waals surface area contributed by atoms with E-state index in [1.165, 1.54) is 0 Å². The summed E-state index contributed by atoms with van der Waals surface area (Å²) in [6.45, 7) is 7.80. The van der Waals surface area contributed by atoms with E-state index in [1.54, 1.807) is 0 Å². The lowest BCUT2D eigenvalue weighted by Crippen LogP contribution is -2.44. The Morgan fingerprint density at radius 2 is 1.93 bits per heavy atom.